The first-order chi connectivity index (χ1) is 8.81. The molecule has 1 aliphatic carbocycles. The van der Waals surface area contributed by atoms with Crippen LogP contribution in [0.2, 0.25) is 0 Å². The Morgan fingerprint density at radius 2 is 1.89 bits per heavy atom. The van der Waals surface area contributed by atoms with Gasteiger partial charge in [-0.05, 0) is 40.0 Å². The van der Waals surface area contributed by atoms with Gasteiger partial charge in [0.15, 0.2) is 0 Å². The van der Waals surface area contributed by atoms with Crippen LogP contribution in [0.15, 0.2) is 0 Å². The average Bonchev–Trinajstić information content (AvgIpc) is 2.71. The minimum absolute atomic E-state index is 0.0798. The molecule has 1 aliphatic rings. The van der Waals surface area contributed by atoms with Crippen LogP contribution in [0.4, 0.5) is 0 Å². The molecular formula is C14H25NO4. The highest BCUT2D eigenvalue weighted by molar-refractivity contribution is 5.81. The van der Waals surface area contributed by atoms with Crippen LogP contribution < -0.4 is 5.32 Å². The third kappa shape index (κ3) is 6.05. The summed E-state index contributed by atoms with van der Waals surface area (Å²) in [6.07, 6.45) is 3.38. The van der Waals surface area contributed by atoms with Crippen LogP contribution in [0, 0.1) is 0 Å². The maximum Gasteiger partial charge on any atom is 0.306 e. The summed E-state index contributed by atoms with van der Waals surface area (Å²) in [5.41, 5.74) is -0.500. The number of ether oxygens (including phenoxy) is 2. The maximum absolute atomic E-state index is 11.8. The minimum atomic E-state index is -0.500. The molecule has 0 bridgehead atoms. The van der Waals surface area contributed by atoms with Crippen molar-refractivity contribution in [3.63, 3.8) is 0 Å². The van der Waals surface area contributed by atoms with E-state index in [-0.39, 0.29) is 36.9 Å². The number of rotatable bonds is 5. The molecule has 1 N–H and O–H groups in total. The second-order valence-electron chi connectivity index (χ2n) is 5.97. The molecule has 1 fully saturated rings. The predicted molar refractivity (Wildman–Crippen MR) is 71.7 cm³/mol. The second-order valence-corrected chi connectivity index (χ2v) is 5.97. The van der Waals surface area contributed by atoms with Crippen LogP contribution in [0.3, 0.4) is 0 Å². The zero-order valence-corrected chi connectivity index (χ0v) is 12.3. The van der Waals surface area contributed by atoms with Crippen molar-refractivity contribution >= 4 is 11.9 Å². The minimum Gasteiger partial charge on any atom is -0.460 e. The van der Waals surface area contributed by atoms with Crippen molar-refractivity contribution in [1.82, 2.24) is 5.32 Å². The van der Waals surface area contributed by atoms with E-state index in [1.807, 2.05) is 20.8 Å². The molecule has 5 nitrogen and oxygen atoms in total. The van der Waals surface area contributed by atoms with E-state index in [9.17, 15) is 9.59 Å². The third-order valence-electron chi connectivity index (χ3n) is 3.08. The molecule has 0 spiro atoms. The zero-order valence-electron chi connectivity index (χ0n) is 12.3. The molecule has 0 aromatic heterocycles. The largest absolute Gasteiger partial charge is 0.460 e. The number of methoxy groups -OCH3 is 1. The summed E-state index contributed by atoms with van der Waals surface area (Å²) in [6.45, 7) is 5.44. The second kappa shape index (κ2) is 6.89. The van der Waals surface area contributed by atoms with E-state index in [4.69, 9.17) is 9.47 Å². The fourth-order valence-electron chi connectivity index (χ4n) is 2.26. The summed E-state index contributed by atoms with van der Waals surface area (Å²) in [4.78, 5) is 23.3. The zero-order chi connectivity index (χ0) is 14.5. The van der Waals surface area contributed by atoms with E-state index in [1.54, 1.807) is 7.11 Å². The van der Waals surface area contributed by atoms with E-state index < -0.39 is 5.60 Å². The summed E-state index contributed by atoms with van der Waals surface area (Å²) < 4.78 is 10.5. The average molecular weight is 271 g/mol. The molecule has 0 aromatic rings. The topological polar surface area (TPSA) is 64.6 Å². The molecular weight excluding hydrogens is 246 g/mol. The summed E-state index contributed by atoms with van der Waals surface area (Å²) >= 11 is 0. The van der Waals surface area contributed by atoms with Gasteiger partial charge in [0, 0.05) is 13.5 Å². The van der Waals surface area contributed by atoms with Crippen LogP contribution in [-0.2, 0) is 19.1 Å². The van der Waals surface area contributed by atoms with E-state index in [2.05, 4.69) is 5.32 Å². The van der Waals surface area contributed by atoms with Gasteiger partial charge in [0.1, 0.15) is 5.60 Å². The highest BCUT2D eigenvalue weighted by Crippen LogP contribution is 2.21. The Labute approximate surface area is 115 Å². The smallest absolute Gasteiger partial charge is 0.306 e. The molecule has 1 rings (SSSR count). The van der Waals surface area contributed by atoms with Gasteiger partial charge in [0.25, 0.3) is 0 Å². The van der Waals surface area contributed by atoms with Crippen molar-refractivity contribution in [2.75, 3.05) is 7.11 Å². The monoisotopic (exact) mass is 271 g/mol. The lowest BCUT2D eigenvalue weighted by molar-refractivity contribution is -0.155. The van der Waals surface area contributed by atoms with Crippen LogP contribution in [-0.4, -0.2) is 36.7 Å². The lowest BCUT2D eigenvalue weighted by atomic mass is 10.2. The van der Waals surface area contributed by atoms with Crippen LogP contribution in [0.5, 0.6) is 0 Å². The van der Waals surface area contributed by atoms with Gasteiger partial charge in [0.05, 0.1) is 18.6 Å². The number of hydrogen-bond donors (Lipinski definition) is 1. The molecule has 0 heterocycles. The Morgan fingerprint density at radius 3 is 2.47 bits per heavy atom. The van der Waals surface area contributed by atoms with Gasteiger partial charge in [-0.15, -0.1) is 0 Å². The van der Waals surface area contributed by atoms with E-state index >= 15 is 0 Å². The third-order valence-corrected chi connectivity index (χ3v) is 3.08. The van der Waals surface area contributed by atoms with Gasteiger partial charge in [-0.25, -0.2) is 0 Å². The Morgan fingerprint density at radius 1 is 1.21 bits per heavy atom. The van der Waals surface area contributed by atoms with Crippen molar-refractivity contribution in [3.8, 4) is 0 Å². The molecule has 1 saturated carbocycles. The van der Waals surface area contributed by atoms with Gasteiger partial charge in [-0.3, -0.25) is 9.59 Å². The van der Waals surface area contributed by atoms with Crippen molar-refractivity contribution in [1.29, 1.82) is 0 Å². The molecule has 2 unspecified atom stereocenters. The highest BCUT2D eigenvalue weighted by atomic mass is 16.6. The van der Waals surface area contributed by atoms with Gasteiger partial charge >= 0.3 is 5.97 Å². The fraction of sp³-hybridized carbons (Fsp3) is 0.857. The summed E-state index contributed by atoms with van der Waals surface area (Å²) in [6, 6.07) is 0.0798. The van der Waals surface area contributed by atoms with Crippen LogP contribution in [0.1, 0.15) is 52.9 Å². The normalized spacial score (nSPS) is 23.2. The highest BCUT2D eigenvalue weighted by Gasteiger charge is 2.28. The number of nitrogens with one attached hydrogen (secondary N) is 1. The maximum atomic E-state index is 11.8. The SMILES string of the molecule is COC1CCCC1NC(=O)CCC(=O)OC(C)(C)C. The summed E-state index contributed by atoms with van der Waals surface area (Å²) in [5.74, 6) is -0.447. The molecule has 1 amide bonds. The summed E-state index contributed by atoms with van der Waals surface area (Å²) in [7, 11) is 1.66. The van der Waals surface area contributed by atoms with Crippen LogP contribution >= 0.6 is 0 Å². The number of esters is 1. The van der Waals surface area contributed by atoms with E-state index in [0.29, 0.717) is 0 Å². The first-order valence-electron chi connectivity index (χ1n) is 6.86. The molecule has 0 radical (unpaired) electrons. The Kier molecular flexibility index (Phi) is 5.79. The van der Waals surface area contributed by atoms with E-state index in [0.717, 1.165) is 19.3 Å². The fourth-order valence-corrected chi connectivity index (χ4v) is 2.26. The predicted octanol–water partition coefficient (Wildman–Crippen LogP) is 1.79. The van der Waals surface area contributed by atoms with Crippen molar-refractivity contribution in [2.24, 2.45) is 0 Å². The Hall–Kier alpha value is -1.10. The molecule has 0 saturated heterocycles. The molecule has 2 atom stereocenters. The first-order valence-corrected chi connectivity index (χ1v) is 6.86. The molecule has 110 valence electrons. The lowest BCUT2D eigenvalue weighted by Crippen LogP contribution is -2.40. The quantitative estimate of drug-likeness (QED) is 0.774. The standard InChI is InChI=1S/C14H25NO4/c1-14(2,3)19-13(17)9-8-12(16)15-10-6-5-7-11(10)18-4/h10-11H,5-9H2,1-4H3,(H,15,16). The lowest BCUT2D eigenvalue weighted by Gasteiger charge is -2.21. The van der Waals surface area contributed by atoms with Crippen molar-refractivity contribution in [3.05, 3.63) is 0 Å². The molecule has 0 aromatic carbocycles. The number of hydrogen-bond acceptors (Lipinski definition) is 4. The summed E-state index contributed by atoms with van der Waals surface area (Å²) in [5, 5.41) is 2.93. The Bertz CT molecular complexity index is 322. The van der Waals surface area contributed by atoms with Gasteiger partial charge in [-0.1, -0.05) is 0 Å². The van der Waals surface area contributed by atoms with Crippen molar-refractivity contribution in [2.45, 2.75) is 70.6 Å². The van der Waals surface area contributed by atoms with Crippen molar-refractivity contribution < 1.29 is 19.1 Å². The van der Waals surface area contributed by atoms with Gasteiger partial charge in [0.2, 0.25) is 5.91 Å². The number of carbonyl (C=O) groups excluding carboxylic acids is 2. The number of amides is 1. The van der Waals surface area contributed by atoms with E-state index in [1.165, 1.54) is 0 Å². The molecule has 19 heavy (non-hydrogen) atoms. The molecule has 5 heteroatoms. The number of carbonyl (C=O) groups is 2. The van der Waals surface area contributed by atoms with Gasteiger partial charge in [-0.2, -0.15) is 0 Å². The van der Waals surface area contributed by atoms with Gasteiger partial charge < -0.3 is 14.8 Å². The Balaban J connectivity index is 2.26. The molecule has 0 aliphatic heterocycles. The van der Waals surface area contributed by atoms with Crippen LogP contribution in [0.25, 0.3) is 0 Å². The first kappa shape index (κ1) is 16.0.